The molecule has 0 radical (unpaired) electrons. The Morgan fingerprint density at radius 2 is 1.86 bits per heavy atom. The lowest BCUT2D eigenvalue weighted by Gasteiger charge is -2.34. The third-order valence-corrected chi connectivity index (χ3v) is 7.38. The number of rotatable bonds is 6. The van der Waals surface area contributed by atoms with Gasteiger partial charge in [0.1, 0.15) is 5.56 Å². The fraction of sp³-hybridized carbons (Fsp3) is 0.462. The molecule has 5 heterocycles. The molecular formula is C26H31N7O4. The smallest absolute Gasteiger partial charge is 0.261 e. The molecule has 194 valence electrons. The zero-order valence-electron chi connectivity index (χ0n) is 20.9. The van der Waals surface area contributed by atoms with E-state index in [9.17, 15) is 9.59 Å². The molecule has 11 nitrogen and oxygen atoms in total. The van der Waals surface area contributed by atoms with Gasteiger partial charge in [0.25, 0.3) is 11.8 Å². The van der Waals surface area contributed by atoms with Crippen LogP contribution in [-0.4, -0.2) is 101 Å². The van der Waals surface area contributed by atoms with Crippen molar-refractivity contribution in [3.05, 3.63) is 53.5 Å². The van der Waals surface area contributed by atoms with E-state index in [1.807, 2.05) is 17.0 Å². The number of amides is 2. The fourth-order valence-corrected chi connectivity index (χ4v) is 5.35. The van der Waals surface area contributed by atoms with Gasteiger partial charge in [-0.2, -0.15) is 5.10 Å². The Balaban J connectivity index is 1.28. The third kappa shape index (κ3) is 4.65. The van der Waals surface area contributed by atoms with Gasteiger partial charge in [0.15, 0.2) is 5.65 Å². The van der Waals surface area contributed by atoms with E-state index in [1.54, 1.807) is 23.0 Å². The minimum Gasteiger partial charge on any atom is -0.379 e. The van der Waals surface area contributed by atoms with Gasteiger partial charge in [-0.3, -0.25) is 14.5 Å². The predicted octanol–water partition coefficient (Wildman–Crippen LogP) is 1.49. The molecule has 2 saturated heterocycles. The Kier molecular flexibility index (Phi) is 6.49. The summed E-state index contributed by atoms with van der Waals surface area (Å²) in [6.45, 7) is 9.12. The molecule has 1 aromatic carbocycles. The Labute approximate surface area is 214 Å². The van der Waals surface area contributed by atoms with Crippen LogP contribution in [0, 0.1) is 0 Å². The number of ether oxygens (including phenoxy) is 2. The lowest BCUT2D eigenvalue weighted by atomic mass is 10.1. The summed E-state index contributed by atoms with van der Waals surface area (Å²) in [7, 11) is 0. The molecule has 3 aromatic rings. The van der Waals surface area contributed by atoms with Crippen LogP contribution in [0.2, 0.25) is 0 Å². The van der Waals surface area contributed by atoms with E-state index in [2.05, 4.69) is 32.1 Å². The molecule has 3 aliphatic rings. The largest absolute Gasteiger partial charge is 0.379 e. The standard InChI is InChI=1S/C26H31N7O4/c1-18(30-5-9-36-10-6-30)16-32-17-19-13-22(23(14-20(19)26(32)35)31-7-11-37-12-8-31)29-25(34)21-15-28-33-4-2-3-27-24(21)33/h2-4,13-15,18H,5-12,16-17H2,1H3,(H,29,34)/t18-/m1/s1. The number of aromatic nitrogens is 3. The van der Waals surface area contributed by atoms with E-state index in [-0.39, 0.29) is 17.9 Å². The van der Waals surface area contributed by atoms with E-state index in [0.717, 1.165) is 37.6 Å². The number of morpholine rings is 2. The summed E-state index contributed by atoms with van der Waals surface area (Å²) in [4.78, 5) is 37.5. The summed E-state index contributed by atoms with van der Waals surface area (Å²) in [5.74, 6) is -0.250. The average Bonchev–Trinajstić information content (AvgIpc) is 3.50. The summed E-state index contributed by atoms with van der Waals surface area (Å²) in [5.41, 5.74) is 4.02. The van der Waals surface area contributed by atoms with Crippen molar-refractivity contribution in [3.63, 3.8) is 0 Å². The maximum atomic E-state index is 13.4. The van der Waals surface area contributed by atoms with E-state index in [0.29, 0.717) is 61.9 Å². The summed E-state index contributed by atoms with van der Waals surface area (Å²) in [5, 5.41) is 7.33. The molecule has 2 fully saturated rings. The number of anilines is 2. The van der Waals surface area contributed by atoms with Crippen molar-refractivity contribution < 1.29 is 19.1 Å². The Morgan fingerprint density at radius 3 is 2.65 bits per heavy atom. The van der Waals surface area contributed by atoms with Crippen molar-refractivity contribution in [2.75, 3.05) is 69.4 Å². The average molecular weight is 506 g/mol. The van der Waals surface area contributed by atoms with Crippen molar-refractivity contribution in [1.29, 1.82) is 0 Å². The monoisotopic (exact) mass is 505 g/mol. The van der Waals surface area contributed by atoms with E-state index >= 15 is 0 Å². The van der Waals surface area contributed by atoms with Gasteiger partial charge < -0.3 is 24.6 Å². The van der Waals surface area contributed by atoms with Crippen LogP contribution >= 0.6 is 0 Å². The minimum absolute atomic E-state index is 0.0364. The van der Waals surface area contributed by atoms with Crippen LogP contribution in [0.3, 0.4) is 0 Å². The highest BCUT2D eigenvalue weighted by molar-refractivity contribution is 6.10. The van der Waals surface area contributed by atoms with Crippen molar-refractivity contribution in [3.8, 4) is 0 Å². The Bertz CT molecular complexity index is 1310. The molecule has 2 amide bonds. The molecule has 2 aromatic heterocycles. The number of carbonyl (C=O) groups excluding carboxylic acids is 2. The predicted molar refractivity (Wildman–Crippen MR) is 137 cm³/mol. The number of nitrogens with zero attached hydrogens (tertiary/aromatic N) is 6. The van der Waals surface area contributed by atoms with Gasteiger partial charge in [-0.1, -0.05) is 0 Å². The first-order valence-electron chi connectivity index (χ1n) is 12.8. The third-order valence-electron chi connectivity index (χ3n) is 7.38. The fourth-order valence-electron chi connectivity index (χ4n) is 5.35. The lowest BCUT2D eigenvalue weighted by molar-refractivity contribution is 0.0128. The number of hydrogen-bond acceptors (Lipinski definition) is 8. The number of carbonyl (C=O) groups is 2. The first-order valence-corrected chi connectivity index (χ1v) is 12.8. The quantitative estimate of drug-likeness (QED) is 0.538. The number of nitrogens with one attached hydrogen (secondary N) is 1. The van der Waals surface area contributed by atoms with E-state index in [1.165, 1.54) is 6.20 Å². The maximum Gasteiger partial charge on any atom is 0.261 e. The highest BCUT2D eigenvalue weighted by Gasteiger charge is 2.32. The molecule has 6 rings (SSSR count). The van der Waals surface area contributed by atoms with Crippen molar-refractivity contribution in [2.24, 2.45) is 0 Å². The summed E-state index contributed by atoms with van der Waals surface area (Å²) in [6, 6.07) is 5.89. The summed E-state index contributed by atoms with van der Waals surface area (Å²) < 4.78 is 12.6. The molecule has 11 heteroatoms. The van der Waals surface area contributed by atoms with Crippen molar-refractivity contribution in [2.45, 2.75) is 19.5 Å². The Morgan fingerprint density at radius 1 is 1.11 bits per heavy atom. The molecular weight excluding hydrogens is 474 g/mol. The second kappa shape index (κ2) is 10.1. The summed E-state index contributed by atoms with van der Waals surface area (Å²) >= 11 is 0. The highest BCUT2D eigenvalue weighted by Crippen LogP contribution is 2.35. The van der Waals surface area contributed by atoms with E-state index < -0.39 is 0 Å². The SMILES string of the molecule is C[C@H](CN1Cc2cc(NC(=O)c3cnn4cccnc34)c(N3CCOCC3)cc2C1=O)N1CCOCC1. The summed E-state index contributed by atoms with van der Waals surface area (Å²) in [6.07, 6.45) is 4.92. The normalized spacial score (nSPS) is 19.3. The number of benzene rings is 1. The molecule has 0 aliphatic carbocycles. The molecule has 0 spiro atoms. The van der Waals surface area contributed by atoms with Crippen LogP contribution in [0.4, 0.5) is 11.4 Å². The maximum absolute atomic E-state index is 13.4. The van der Waals surface area contributed by atoms with Gasteiger partial charge in [-0.15, -0.1) is 0 Å². The molecule has 0 saturated carbocycles. The zero-order valence-corrected chi connectivity index (χ0v) is 20.9. The lowest BCUT2D eigenvalue weighted by Crippen LogP contribution is -2.47. The second-order valence-corrected chi connectivity index (χ2v) is 9.71. The van der Waals surface area contributed by atoms with Gasteiger partial charge in [0, 0.05) is 63.3 Å². The van der Waals surface area contributed by atoms with Gasteiger partial charge in [0.2, 0.25) is 0 Å². The molecule has 3 aliphatic heterocycles. The van der Waals surface area contributed by atoms with Gasteiger partial charge in [-0.05, 0) is 30.7 Å². The first kappa shape index (κ1) is 23.8. The topological polar surface area (TPSA) is 105 Å². The van der Waals surface area contributed by atoms with Crippen molar-refractivity contribution >= 4 is 28.8 Å². The van der Waals surface area contributed by atoms with Crippen LogP contribution in [0.15, 0.2) is 36.8 Å². The van der Waals surface area contributed by atoms with Gasteiger partial charge >= 0.3 is 0 Å². The minimum atomic E-state index is -0.287. The molecule has 37 heavy (non-hydrogen) atoms. The highest BCUT2D eigenvalue weighted by atomic mass is 16.5. The zero-order chi connectivity index (χ0) is 25.4. The van der Waals surface area contributed by atoms with Crippen molar-refractivity contribution in [1.82, 2.24) is 24.4 Å². The van der Waals surface area contributed by atoms with Crippen LogP contribution in [0.1, 0.15) is 33.2 Å². The van der Waals surface area contributed by atoms with Crippen LogP contribution in [0.25, 0.3) is 5.65 Å². The first-order chi connectivity index (χ1) is 18.1. The van der Waals surface area contributed by atoms with Gasteiger partial charge in [0.05, 0.1) is 44.0 Å². The molecule has 0 bridgehead atoms. The van der Waals surface area contributed by atoms with Crippen LogP contribution in [0.5, 0.6) is 0 Å². The number of hydrogen-bond donors (Lipinski definition) is 1. The molecule has 1 N–H and O–H groups in total. The second-order valence-electron chi connectivity index (χ2n) is 9.71. The van der Waals surface area contributed by atoms with Gasteiger partial charge in [-0.25, -0.2) is 9.50 Å². The molecule has 1 atom stereocenters. The molecule has 0 unspecified atom stereocenters. The van der Waals surface area contributed by atoms with E-state index in [4.69, 9.17) is 9.47 Å². The van der Waals surface area contributed by atoms with Crippen LogP contribution < -0.4 is 10.2 Å². The van der Waals surface area contributed by atoms with Crippen LogP contribution in [-0.2, 0) is 16.0 Å². The number of fused-ring (bicyclic) bond motifs is 2. The Hall–Kier alpha value is -3.54.